The van der Waals surface area contributed by atoms with Crippen LogP contribution in [0.1, 0.15) is 41.4 Å². The normalized spacial score (nSPS) is 10.2. The van der Waals surface area contributed by atoms with Crippen molar-refractivity contribution >= 4 is 25.1 Å². The Bertz CT molecular complexity index is 907. The summed E-state index contributed by atoms with van der Waals surface area (Å²) in [6.07, 6.45) is 2.00. The fraction of sp³-hybridized carbons (Fsp3) is 0. The molecule has 4 nitrogen and oxygen atoms in total. The van der Waals surface area contributed by atoms with E-state index in [9.17, 15) is 19.2 Å². The van der Waals surface area contributed by atoms with Crippen LogP contribution in [0.15, 0.2) is 60.7 Å². The standard InChI is InChI=1S/C22H14O4/c23-11-17-18(12-24)20(14-26)22(16-9-5-2-6-10-16)21(19(17)13-25)15-7-3-1-4-8-15/h1-14H. The minimum absolute atomic E-state index is 0.0735. The Morgan fingerprint density at radius 3 is 1.00 bits per heavy atom. The van der Waals surface area contributed by atoms with Gasteiger partial charge in [0.25, 0.3) is 0 Å². The molecule has 3 aromatic carbocycles. The van der Waals surface area contributed by atoms with E-state index < -0.39 is 0 Å². The van der Waals surface area contributed by atoms with Crippen LogP contribution in [0.3, 0.4) is 0 Å². The zero-order valence-corrected chi connectivity index (χ0v) is 13.7. The summed E-state index contributed by atoms with van der Waals surface area (Å²) in [4.78, 5) is 47.0. The highest BCUT2D eigenvalue weighted by molar-refractivity contribution is 6.13. The zero-order chi connectivity index (χ0) is 18.5. The Morgan fingerprint density at radius 2 is 0.731 bits per heavy atom. The average molecular weight is 342 g/mol. The second-order valence-corrected chi connectivity index (χ2v) is 5.61. The van der Waals surface area contributed by atoms with Crippen LogP contribution in [0.2, 0.25) is 0 Å². The summed E-state index contributed by atoms with van der Waals surface area (Å²) in [5.74, 6) is 0. The van der Waals surface area contributed by atoms with Gasteiger partial charge < -0.3 is 0 Å². The number of hydrogen-bond acceptors (Lipinski definition) is 4. The van der Waals surface area contributed by atoms with Gasteiger partial charge in [-0.25, -0.2) is 0 Å². The maximum Gasteiger partial charge on any atom is 0.151 e. The third-order valence-electron chi connectivity index (χ3n) is 4.26. The van der Waals surface area contributed by atoms with Crippen LogP contribution in [0.25, 0.3) is 22.3 Å². The highest BCUT2D eigenvalue weighted by Gasteiger charge is 2.24. The first-order chi connectivity index (χ1) is 12.8. The Hall–Kier alpha value is -3.66. The van der Waals surface area contributed by atoms with E-state index in [-0.39, 0.29) is 22.3 Å². The van der Waals surface area contributed by atoms with Gasteiger partial charge in [-0.15, -0.1) is 0 Å². The predicted molar refractivity (Wildman–Crippen MR) is 98.9 cm³/mol. The summed E-state index contributed by atoms with van der Waals surface area (Å²) in [5.41, 5.74) is 2.32. The fourth-order valence-corrected chi connectivity index (χ4v) is 3.14. The van der Waals surface area contributed by atoms with Gasteiger partial charge in [-0.05, 0) is 11.1 Å². The molecule has 0 heterocycles. The molecule has 3 rings (SSSR count). The first kappa shape index (κ1) is 17.2. The fourth-order valence-electron chi connectivity index (χ4n) is 3.14. The van der Waals surface area contributed by atoms with Crippen molar-refractivity contribution in [3.05, 3.63) is 82.9 Å². The monoisotopic (exact) mass is 342 g/mol. The molecule has 0 spiro atoms. The number of benzene rings is 3. The minimum atomic E-state index is -0.0735. The molecule has 0 radical (unpaired) electrons. The van der Waals surface area contributed by atoms with Crippen molar-refractivity contribution in [1.82, 2.24) is 0 Å². The lowest BCUT2D eigenvalue weighted by atomic mass is 9.82. The number of carbonyl (C=O) groups is 4. The predicted octanol–water partition coefficient (Wildman–Crippen LogP) is 4.27. The lowest BCUT2D eigenvalue weighted by Crippen LogP contribution is -2.08. The van der Waals surface area contributed by atoms with E-state index in [0.717, 1.165) is 0 Å². The molecule has 26 heavy (non-hydrogen) atoms. The summed E-state index contributed by atoms with van der Waals surface area (Å²) in [7, 11) is 0. The third-order valence-corrected chi connectivity index (χ3v) is 4.26. The molecule has 3 aromatic rings. The Kier molecular flexibility index (Phi) is 4.94. The first-order valence-electron chi connectivity index (χ1n) is 7.92. The molecule has 126 valence electrons. The van der Waals surface area contributed by atoms with Crippen LogP contribution >= 0.6 is 0 Å². The molecular weight excluding hydrogens is 328 g/mol. The lowest BCUT2D eigenvalue weighted by Gasteiger charge is -2.19. The molecule has 0 fully saturated rings. The maximum absolute atomic E-state index is 11.9. The van der Waals surface area contributed by atoms with Crippen molar-refractivity contribution in [2.24, 2.45) is 0 Å². The molecule has 0 aliphatic heterocycles. The van der Waals surface area contributed by atoms with E-state index in [1.54, 1.807) is 48.5 Å². The molecule has 0 bridgehead atoms. The highest BCUT2D eigenvalue weighted by atomic mass is 16.1. The SMILES string of the molecule is O=Cc1c(C=O)c(C=O)c(-c2ccccc2)c(-c2ccccc2)c1C=O. The van der Waals surface area contributed by atoms with Gasteiger partial charge in [0.1, 0.15) is 0 Å². The van der Waals surface area contributed by atoms with Crippen LogP contribution in [0, 0.1) is 0 Å². The van der Waals surface area contributed by atoms with Crippen LogP contribution < -0.4 is 0 Å². The topological polar surface area (TPSA) is 68.3 Å². The van der Waals surface area contributed by atoms with Gasteiger partial charge >= 0.3 is 0 Å². The lowest BCUT2D eigenvalue weighted by molar-refractivity contribution is 0.107. The first-order valence-corrected chi connectivity index (χ1v) is 7.92. The number of rotatable bonds is 6. The van der Waals surface area contributed by atoms with Gasteiger partial charge in [-0.1, -0.05) is 60.7 Å². The maximum atomic E-state index is 11.9. The van der Waals surface area contributed by atoms with Gasteiger partial charge in [0, 0.05) is 33.4 Å². The van der Waals surface area contributed by atoms with Gasteiger partial charge in [0.05, 0.1) is 0 Å². The molecule has 0 saturated carbocycles. The van der Waals surface area contributed by atoms with E-state index in [1.165, 1.54) is 0 Å². The van der Waals surface area contributed by atoms with Gasteiger partial charge in [-0.3, -0.25) is 19.2 Å². The molecule has 0 N–H and O–H groups in total. The molecular formula is C22H14O4. The highest BCUT2D eigenvalue weighted by Crippen LogP contribution is 2.39. The number of aldehydes is 4. The summed E-state index contributed by atoms with van der Waals surface area (Å²) in [6, 6.07) is 18.0. The molecule has 0 aliphatic carbocycles. The van der Waals surface area contributed by atoms with Gasteiger partial charge in [-0.2, -0.15) is 0 Å². The number of carbonyl (C=O) groups excluding carboxylic acids is 4. The second kappa shape index (κ2) is 7.49. The van der Waals surface area contributed by atoms with Gasteiger partial charge in [0.2, 0.25) is 0 Å². The van der Waals surface area contributed by atoms with E-state index in [1.807, 2.05) is 12.1 Å². The molecule has 0 unspecified atom stereocenters. The quantitative estimate of drug-likeness (QED) is 0.627. The molecule has 0 aliphatic rings. The van der Waals surface area contributed by atoms with Crippen LogP contribution in [-0.4, -0.2) is 25.1 Å². The zero-order valence-electron chi connectivity index (χ0n) is 13.7. The third kappa shape index (κ3) is 2.78. The van der Waals surface area contributed by atoms with Crippen molar-refractivity contribution in [3.63, 3.8) is 0 Å². The van der Waals surface area contributed by atoms with Crippen molar-refractivity contribution in [2.45, 2.75) is 0 Å². The average Bonchev–Trinajstić information content (AvgIpc) is 2.72. The molecule has 4 heteroatoms. The summed E-state index contributed by atoms with van der Waals surface area (Å²) in [5, 5.41) is 0. The Balaban J connectivity index is 2.59. The summed E-state index contributed by atoms with van der Waals surface area (Å²) < 4.78 is 0. The van der Waals surface area contributed by atoms with Crippen LogP contribution in [0.4, 0.5) is 0 Å². The molecule has 0 amide bonds. The molecule has 0 saturated heterocycles. The van der Waals surface area contributed by atoms with Crippen LogP contribution in [-0.2, 0) is 0 Å². The van der Waals surface area contributed by atoms with Crippen molar-refractivity contribution in [3.8, 4) is 22.3 Å². The van der Waals surface area contributed by atoms with Crippen LogP contribution in [0.5, 0.6) is 0 Å². The van der Waals surface area contributed by atoms with Gasteiger partial charge in [0.15, 0.2) is 25.1 Å². The Morgan fingerprint density at radius 1 is 0.423 bits per heavy atom. The molecule has 0 aromatic heterocycles. The molecule has 0 atom stereocenters. The van der Waals surface area contributed by atoms with E-state index in [0.29, 0.717) is 47.4 Å². The van der Waals surface area contributed by atoms with Crippen molar-refractivity contribution in [1.29, 1.82) is 0 Å². The smallest absolute Gasteiger partial charge is 0.151 e. The summed E-state index contributed by atoms with van der Waals surface area (Å²) in [6.45, 7) is 0. The Labute approximate surface area is 150 Å². The summed E-state index contributed by atoms with van der Waals surface area (Å²) >= 11 is 0. The number of hydrogen-bond donors (Lipinski definition) is 0. The minimum Gasteiger partial charge on any atom is -0.298 e. The van der Waals surface area contributed by atoms with Crippen molar-refractivity contribution < 1.29 is 19.2 Å². The largest absolute Gasteiger partial charge is 0.298 e. The van der Waals surface area contributed by atoms with E-state index >= 15 is 0 Å². The van der Waals surface area contributed by atoms with E-state index in [2.05, 4.69) is 0 Å². The second-order valence-electron chi connectivity index (χ2n) is 5.61. The van der Waals surface area contributed by atoms with Crippen molar-refractivity contribution in [2.75, 3.05) is 0 Å². The van der Waals surface area contributed by atoms with E-state index in [4.69, 9.17) is 0 Å².